The second-order valence-electron chi connectivity index (χ2n) is 5.35. The quantitative estimate of drug-likeness (QED) is 0.870. The van der Waals surface area contributed by atoms with E-state index in [9.17, 15) is 9.65 Å². The lowest BCUT2D eigenvalue weighted by atomic mass is 10.0. The third-order valence-corrected chi connectivity index (χ3v) is 3.92. The lowest BCUT2D eigenvalue weighted by molar-refractivity contribution is -0.0383. The number of halogens is 1. The largest absolute Gasteiger partial charge is 0.371 e. The predicted octanol–water partition coefficient (Wildman–Crippen LogP) is 3.46. The van der Waals surface area contributed by atoms with Gasteiger partial charge in [0.1, 0.15) is 11.9 Å². The Morgan fingerprint density at radius 3 is 2.73 bits per heavy atom. The molecular formula is C18H17FN2O. The number of hydrogen-bond donors (Lipinski definition) is 0. The van der Waals surface area contributed by atoms with E-state index in [0.717, 1.165) is 5.56 Å². The first-order valence-electron chi connectivity index (χ1n) is 7.33. The molecule has 0 bridgehead atoms. The minimum atomic E-state index is -0.453. The van der Waals surface area contributed by atoms with Crippen molar-refractivity contribution in [3.05, 3.63) is 71.5 Å². The molecule has 1 heterocycles. The van der Waals surface area contributed by atoms with Gasteiger partial charge in [-0.1, -0.05) is 42.5 Å². The molecule has 2 aromatic rings. The van der Waals surface area contributed by atoms with Gasteiger partial charge in [0.15, 0.2) is 0 Å². The van der Waals surface area contributed by atoms with E-state index in [1.165, 1.54) is 12.1 Å². The summed E-state index contributed by atoms with van der Waals surface area (Å²) in [6, 6.07) is 18.1. The van der Waals surface area contributed by atoms with Crippen LogP contribution in [0.3, 0.4) is 0 Å². The first-order valence-corrected chi connectivity index (χ1v) is 7.33. The Bertz CT molecular complexity index is 668. The van der Waals surface area contributed by atoms with Gasteiger partial charge >= 0.3 is 0 Å². The van der Waals surface area contributed by atoms with E-state index in [0.29, 0.717) is 25.3 Å². The maximum atomic E-state index is 13.4. The van der Waals surface area contributed by atoms with Crippen LogP contribution in [0.2, 0.25) is 0 Å². The SMILES string of the molecule is N#C[C@H](c1cccc(F)c1)N1CCO[C@@H](c2ccccc2)C1. The second-order valence-corrected chi connectivity index (χ2v) is 5.35. The van der Waals surface area contributed by atoms with Gasteiger partial charge in [-0.2, -0.15) is 5.26 Å². The van der Waals surface area contributed by atoms with Crippen LogP contribution in [0.4, 0.5) is 4.39 Å². The van der Waals surface area contributed by atoms with Crippen molar-refractivity contribution in [1.82, 2.24) is 4.90 Å². The highest BCUT2D eigenvalue weighted by Gasteiger charge is 2.28. The molecule has 1 fully saturated rings. The average Bonchev–Trinajstić information content (AvgIpc) is 2.57. The normalized spacial score (nSPS) is 20.3. The standard InChI is InChI=1S/C18H17FN2O/c19-16-8-4-7-15(11-16)17(12-20)21-9-10-22-18(13-21)14-5-2-1-3-6-14/h1-8,11,17-18H,9-10,13H2/t17-,18-/m1/s1. The minimum absolute atomic E-state index is 0.0561. The molecule has 4 heteroatoms. The molecular weight excluding hydrogens is 279 g/mol. The van der Waals surface area contributed by atoms with Gasteiger partial charge in [0.05, 0.1) is 18.8 Å². The van der Waals surface area contributed by atoms with Gasteiger partial charge in [-0.15, -0.1) is 0 Å². The fourth-order valence-corrected chi connectivity index (χ4v) is 2.82. The number of rotatable bonds is 3. The fraction of sp³-hybridized carbons (Fsp3) is 0.278. The zero-order chi connectivity index (χ0) is 15.4. The predicted molar refractivity (Wildman–Crippen MR) is 81.5 cm³/mol. The van der Waals surface area contributed by atoms with Crippen molar-refractivity contribution >= 4 is 0 Å². The smallest absolute Gasteiger partial charge is 0.124 e. The molecule has 0 spiro atoms. The number of morpholine rings is 1. The molecule has 0 unspecified atom stereocenters. The van der Waals surface area contributed by atoms with Crippen molar-refractivity contribution in [2.24, 2.45) is 0 Å². The molecule has 1 saturated heterocycles. The third kappa shape index (κ3) is 3.16. The number of nitrogens with zero attached hydrogens (tertiary/aromatic N) is 2. The maximum absolute atomic E-state index is 13.4. The van der Waals surface area contributed by atoms with E-state index in [4.69, 9.17) is 4.74 Å². The van der Waals surface area contributed by atoms with Crippen LogP contribution in [0.5, 0.6) is 0 Å². The van der Waals surface area contributed by atoms with E-state index in [2.05, 4.69) is 11.0 Å². The van der Waals surface area contributed by atoms with Gasteiger partial charge in [-0.05, 0) is 23.3 Å². The van der Waals surface area contributed by atoms with Crippen LogP contribution in [0, 0.1) is 17.1 Å². The van der Waals surface area contributed by atoms with Crippen LogP contribution in [-0.4, -0.2) is 24.6 Å². The molecule has 0 saturated carbocycles. The topological polar surface area (TPSA) is 36.3 Å². The van der Waals surface area contributed by atoms with Gasteiger partial charge < -0.3 is 4.74 Å². The summed E-state index contributed by atoms with van der Waals surface area (Å²) < 4.78 is 19.2. The molecule has 0 aliphatic carbocycles. The maximum Gasteiger partial charge on any atom is 0.124 e. The lowest BCUT2D eigenvalue weighted by Gasteiger charge is -2.35. The Morgan fingerprint density at radius 2 is 2.00 bits per heavy atom. The van der Waals surface area contributed by atoms with Crippen molar-refractivity contribution in [2.75, 3.05) is 19.7 Å². The number of hydrogen-bond acceptors (Lipinski definition) is 3. The first-order chi connectivity index (χ1) is 10.8. The monoisotopic (exact) mass is 296 g/mol. The third-order valence-electron chi connectivity index (χ3n) is 3.92. The molecule has 3 nitrogen and oxygen atoms in total. The molecule has 112 valence electrons. The number of benzene rings is 2. The minimum Gasteiger partial charge on any atom is -0.371 e. The van der Waals surface area contributed by atoms with Crippen molar-refractivity contribution in [1.29, 1.82) is 5.26 Å². The molecule has 2 atom stereocenters. The van der Waals surface area contributed by atoms with E-state index in [1.807, 2.05) is 30.3 Å². The fourth-order valence-electron chi connectivity index (χ4n) is 2.82. The van der Waals surface area contributed by atoms with Crippen LogP contribution >= 0.6 is 0 Å². The molecule has 2 aromatic carbocycles. The summed E-state index contributed by atoms with van der Waals surface area (Å²) >= 11 is 0. The Morgan fingerprint density at radius 1 is 1.18 bits per heavy atom. The Hall–Kier alpha value is -2.22. The van der Waals surface area contributed by atoms with Crippen molar-refractivity contribution in [2.45, 2.75) is 12.1 Å². The molecule has 1 aliphatic heterocycles. The van der Waals surface area contributed by atoms with Crippen molar-refractivity contribution in [3.8, 4) is 6.07 Å². The summed E-state index contributed by atoms with van der Waals surface area (Å²) in [6.07, 6.45) is -0.0561. The summed E-state index contributed by atoms with van der Waals surface area (Å²) in [5.41, 5.74) is 1.79. The van der Waals surface area contributed by atoms with Gasteiger partial charge in [-0.25, -0.2) is 4.39 Å². The Kier molecular flexibility index (Phi) is 4.47. The van der Waals surface area contributed by atoms with Crippen LogP contribution in [0.15, 0.2) is 54.6 Å². The van der Waals surface area contributed by atoms with Crippen LogP contribution in [0.25, 0.3) is 0 Å². The molecule has 0 N–H and O–H groups in total. The highest BCUT2D eigenvalue weighted by molar-refractivity contribution is 5.26. The molecule has 0 amide bonds. The lowest BCUT2D eigenvalue weighted by Crippen LogP contribution is -2.40. The average molecular weight is 296 g/mol. The zero-order valence-electron chi connectivity index (χ0n) is 12.2. The second kappa shape index (κ2) is 6.69. The van der Waals surface area contributed by atoms with Crippen molar-refractivity contribution in [3.63, 3.8) is 0 Å². The summed E-state index contributed by atoms with van der Waals surface area (Å²) in [6.45, 7) is 1.85. The Labute approximate surface area is 129 Å². The van der Waals surface area contributed by atoms with Gasteiger partial charge in [0, 0.05) is 13.1 Å². The van der Waals surface area contributed by atoms with Gasteiger partial charge in [0.25, 0.3) is 0 Å². The Balaban J connectivity index is 1.80. The summed E-state index contributed by atoms with van der Waals surface area (Å²) in [5, 5.41) is 9.52. The molecule has 0 radical (unpaired) electrons. The number of ether oxygens (including phenoxy) is 1. The number of nitriles is 1. The molecule has 3 rings (SSSR count). The summed E-state index contributed by atoms with van der Waals surface area (Å²) in [4.78, 5) is 2.05. The van der Waals surface area contributed by atoms with Crippen LogP contribution < -0.4 is 0 Å². The highest BCUT2D eigenvalue weighted by atomic mass is 19.1. The van der Waals surface area contributed by atoms with E-state index in [-0.39, 0.29) is 11.9 Å². The van der Waals surface area contributed by atoms with E-state index >= 15 is 0 Å². The zero-order valence-corrected chi connectivity index (χ0v) is 12.2. The highest BCUT2D eigenvalue weighted by Crippen LogP contribution is 2.28. The van der Waals surface area contributed by atoms with E-state index < -0.39 is 6.04 Å². The van der Waals surface area contributed by atoms with E-state index in [1.54, 1.807) is 12.1 Å². The van der Waals surface area contributed by atoms with Gasteiger partial charge in [-0.3, -0.25) is 4.90 Å². The molecule has 0 aromatic heterocycles. The first kappa shape index (κ1) is 14.7. The van der Waals surface area contributed by atoms with Gasteiger partial charge in [0.2, 0.25) is 0 Å². The summed E-state index contributed by atoms with van der Waals surface area (Å²) in [5.74, 6) is -0.314. The molecule has 1 aliphatic rings. The van der Waals surface area contributed by atoms with Crippen LogP contribution in [0.1, 0.15) is 23.3 Å². The summed E-state index contributed by atoms with van der Waals surface area (Å²) in [7, 11) is 0. The van der Waals surface area contributed by atoms with Crippen molar-refractivity contribution < 1.29 is 9.13 Å². The molecule has 22 heavy (non-hydrogen) atoms. The van der Waals surface area contributed by atoms with Crippen LogP contribution in [-0.2, 0) is 4.74 Å².